The molecule has 11 heteroatoms. The first-order valence-corrected chi connectivity index (χ1v) is 12.9. The lowest BCUT2D eigenvalue weighted by Crippen LogP contribution is -2.35. The number of hydrogen-bond donors (Lipinski definition) is 1. The molecular weight excluding hydrogens is 529 g/mol. The first kappa shape index (κ1) is 30.5. The number of carbonyl (C=O) groups is 3. The number of cyclic esters (lactones) is 1. The van der Waals surface area contributed by atoms with Crippen LogP contribution in [-0.4, -0.2) is 43.1 Å². The smallest absolute Gasteiger partial charge is 0.419 e. The SMILES string of the molecule is CCN(CC)C(=O)Nc1c(C/C=C(\C)CCC(=O)Oc2ccccc2C(F)(F)F)c(OC)c(C)c2c1C(=O)OC2. The highest BCUT2D eigenvalue weighted by atomic mass is 19.4. The molecule has 2 amide bonds. The summed E-state index contributed by atoms with van der Waals surface area (Å²) in [6.45, 7) is 8.27. The number of amides is 2. The number of rotatable bonds is 10. The largest absolute Gasteiger partial charge is 0.496 e. The molecule has 40 heavy (non-hydrogen) atoms. The van der Waals surface area contributed by atoms with E-state index in [1.165, 1.54) is 19.2 Å². The third-order valence-corrected chi connectivity index (χ3v) is 6.75. The van der Waals surface area contributed by atoms with Crippen LogP contribution in [0.3, 0.4) is 0 Å². The molecule has 0 fully saturated rings. The molecule has 0 unspecified atom stereocenters. The number of anilines is 1. The molecule has 3 rings (SSSR count). The van der Waals surface area contributed by atoms with Crippen molar-refractivity contribution < 1.29 is 41.8 Å². The number of fused-ring (bicyclic) bond motifs is 1. The predicted molar refractivity (Wildman–Crippen MR) is 143 cm³/mol. The fourth-order valence-corrected chi connectivity index (χ4v) is 4.53. The number of alkyl halides is 3. The molecule has 1 heterocycles. The summed E-state index contributed by atoms with van der Waals surface area (Å²) in [5.74, 6) is -1.38. The summed E-state index contributed by atoms with van der Waals surface area (Å²) in [6, 6.07) is 4.17. The lowest BCUT2D eigenvalue weighted by Gasteiger charge is -2.23. The van der Waals surface area contributed by atoms with Crippen molar-refractivity contribution in [2.24, 2.45) is 0 Å². The molecule has 0 atom stereocenters. The third kappa shape index (κ3) is 6.75. The monoisotopic (exact) mass is 562 g/mol. The van der Waals surface area contributed by atoms with E-state index in [9.17, 15) is 27.6 Å². The van der Waals surface area contributed by atoms with Crippen molar-refractivity contribution >= 4 is 23.7 Å². The zero-order chi connectivity index (χ0) is 29.6. The Morgan fingerprint density at radius 1 is 1.15 bits per heavy atom. The molecule has 0 aromatic heterocycles. The number of allylic oxidation sites excluding steroid dienone is 2. The van der Waals surface area contributed by atoms with Crippen molar-refractivity contribution in [2.45, 2.75) is 59.7 Å². The van der Waals surface area contributed by atoms with Crippen molar-refractivity contribution in [3.8, 4) is 11.5 Å². The van der Waals surface area contributed by atoms with Gasteiger partial charge >= 0.3 is 24.1 Å². The van der Waals surface area contributed by atoms with E-state index in [0.29, 0.717) is 35.7 Å². The van der Waals surface area contributed by atoms with Gasteiger partial charge in [0.05, 0.1) is 23.9 Å². The quantitative estimate of drug-likeness (QED) is 0.203. The van der Waals surface area contributed by atoms with Gasteiger partial charge in [0, 0.05) is 30.6 Å². The van der Waals surface area contributed by atoms with E-state index in [-0.39, 0.29) is 37.5 Å². The highest BCUT2D eigenvalue weighted by Crippen LogP contribution is 2.42. The molecular formula is C29H33F3N2O6. The van der Waals surface area contributed by atoms with Gasteiger partial charge in [-0.25, -0.2) is 9.59 Å². The van der Waals surface area contributed by atoms with Crippen molar-refractivity contribution in [3.05, 3.63) is 63.7 Å². The maximum atomic E-state index is 13.2. The Hall–Kier alpha value is -4.02. The van der Waals surface area contributed by atoms with Crippen LogP contribution in [0.15, 0.2) is 35.9 Å². The van der Waals surface area contributed by atoms with E-state index < -0.39 is 29.4 Å². The summed E-state index contributed by atoms with van der Waals surface area (Å²) < 4.78 is 55.5. The minimum absolute atomic E-state index is 0.0687. The van der Waals surface area contributed by atoms with Gasteiger partial charge in [0.1, 0.15) is 18.1 Å². The van der Waals surface area contributed by atoms with Crippen LogP contribution in [0.25, 0.3) is 0 Å². The van der Waals surface area contributed by atoms with Crippen molar-refractivity contribution in [1.29, 1.82) is 0 Å². The van der Waals surface area contributed by atoms with Crippen molar-refractivity contribution in [1.82, 2.24) is 4.90 Å². The summed E-state index contributed by atoms with van der Waals surface area (Å²) in [5, 5.41) is 2.87. The first-order valence-electron chi connectivity index (χ1n) is 12.9. The second-order valence-electron chi connectivity index (χ2n) is 9.27. The summed E-state index contributed by atoms with van der Waals surface area (Å²) in [5.41, 5.74) is 2.26. The average Bonchev–Trinajstić information content (AvgIpc) is 3.30. The fourth-order valence-electron chi connectivity index (χ4n) is 4.53. The van der Waals surface area contributed by atoms with Gasteiger partial charge in [-0.15, -0.1) is 0 Å². The Labute approximate surface area is 231 Å². The summed E-state index contributed by atoms with van der Waals surface area (Å²) >= 11 is 0. The first-order chi connectivity index (χ1) is 18.9. The molecule has 1 N–H and O–H groups in total. The number of halogens is 3. The van der Waals surface area contributed by atoms with Crippen LogP contribution in [-0.2, 0) is 28.7 Å². The van der Waals surface area contributed by atoms with Gasteiger partial charge in [-0.1, -0.05) is 23.8 Å². The van der Waals surface area contributed by atoms with E-state index >= 15 is 0 Å². The second-order valence-corrected chi connectivity index (χ2v) is 9.27. The average molecular weight is 563 g/mol. The maximum absolute atomic E-state index is 13.2. The Morgan fingerprint density at radius 2 is 1.82 bits per heavy atom. The Balaban J connectivity index is 1.83. The number of benzene rings is 2. The van der Waals surface area contributed by atoms with Crippen LogP contribution in [0.1, 0.15) is 66.2 Å². The molecule has 1 aliphatic heterocycles. The minimum Gasteiger partial charge on any atom is -0.496 e. The van der Waals surface area contributed by atoms with E-state index in [2.05, 4.69) is 5.32 Å². The van der Waals surface area contributed by atoms with Crippen LogP contribution in [0.4, 0.5) is 23.7 Å². The summed E-state index contributed by atoms with van der Waals surface area (Å²) in [7, 11) is 1.50. The number of para-hydroxylation sites is 1. The number of esters is 2. The van der Waals surface area contributed by atoms with E-state index in [1.807, 2.05) is 26.8 Å². The summed E-state index contributed by atoms with van der Waals surface area (Å²) in [4.78, 5) is 39.5. The number of ether oxygens (including phenoxy) is 3. The second kappa shape index (κ2) is 12.9. The standard InChI is InChI=1S/C29H33F3N2O6/c1-6-34(7-2)28(37)33-25-19(26(38-5)18(4)20-16-39-27(36)24(20)25)14-12-17(3)13-15-23(35)40-22-11-9-8-10-21(22)29(30,31)32/h8-12H,6-7,13-16H2,1-5H3,(H,33,37)/b17-12+. The molecule has 0 aliphatic carbocycles. The number of hydrogen-bond acceptors (Lipinski definition) is 6. The van der Waals surface area contributed by atoms with E-state index in [0.717, 1.165) is 23.3 Å². The fraction of sp³-hybridized carbons (Fsp3) is 0.414. The lowest BCUT2D eigenvalue weighted by molar-refractivity contribution is -0.142. The normalized spacial score (nSPS) is 13.0. The van der Waals surface area contributed by atoms with Crippen molar-refractivity contribution in [3.63, 3.8) is 0 Å². The zero-order valence-electron chi connectivity index (χ0n) is 23.2. The number of methoxy groups -OCH3 is 1. The molecule has 0 saturated carbocycles. The Bertz CT molecular complexity index is 1320. The van der Waals surface area contributed by atoms with Gasteiger partial charge in [-0.3, -0.25) is 4.79 Å². The van der Waals surface area contributed by atoms with Crippen LogP contribution in [0.2, 0.25) is 0 Å². The number of carbonyl (C=O) groups excluding carboxylic acids is 3. The molecule has 0 bridgehead atoms. The van der Waals surface area contributed by atoms with E-state index in [4.69, 9.17) is 14.2 Å². The van der Waals surface area contributed by atoms with Gasteiger partial charge in [-0.2, -0.15) is 13.2 Å². The summed E-state index contributed by atoms with van der Waals surface area (Å²) in [6.07, 6.45) is -2.51. The minimum atomic E-state index is -4.65. The van der Waals surface area contributed by atoms with Gasteiger partial charge in [0.15, 0.2) is 0 Å². The topological polar surface area (TPSA) is 94.2 Å². The van der Waals surface area contributed by atoms with Crippen LogP contribution in [0, 0.1) is 6.92 Å². The molecule has 216 valence electrons. The van der Waals surface area contributed by atoms with Gasteiger partial charge in [0.2, 0.25) is 0 Å². The lowest BCUT2D eigenvalue weighted by atomic mass is 9.93. The highest BCUT2D eigenvalue weighted by Gasteiger charge is 2.35. The molecule has 0 spiro atoms. The van der Waals surface area contributed by atoms with Crippen LogP contribution < -0.4 is 14.8 Å². The molecule has 0 radical (unpaired) electrons. The number of nitrogens with one attached hydrogen (secondary N) is 1. The van der Waals surface area contributed by atoms with Gasteiger partial charge in [-0.05, 0) is 58.2 Å². The van der Waals surface area contributed by atoms with Crippen LogP contribution >= 0.6 is 0 Å². The third-order valence-electron chi connectivity index (χ3n) is 6.75. The Kier molecular flexibility index (Phi) is 9.83. The van der Waals surface area contributed by atoms with Gasteiger partial charge < -0.3 is 24.4 Å². The van der Waals surface area contributed by atoms with E-state index in [1.54, 1.807) is 11.8 Å². The zero-order valence-corrected chi connectivity index (χ0v) is 23.2. The molecule has 2 aromatic rings. The molecule has 2 aromatic carbocycles. The maximum Gasteiger partial charge on any atom is 0.419 e. The number of nitrogens with zero attached hydrogens (tertiary/aromatic N) is 1. The van der Waals surface area contributed by atoms with Crippen molar-refractivity contribution in [2.75, 3.05) is 25.5 Å². The molecule has 1 aliphatic rings. The van der Waals surface area contributed by atoms with Crippen LogP contribution in [0.5, 0.6) is 11.5 Å². The van der Waals surface area contributed by atoms with Gasteiger partial charge in [0.25, 0.3) is 0 Å². The highest BCUT2D eigenvalue weighted by molar-refractivity contribution is 6.05. The predicted octanol–water partition coefficient (Wildman–Crippen LogP) is 6.44. The molecule has 0 saturated heterocycles. The Morgan fingerprint density at radius 3 is 2.45 bits per heavy atom. The number of urea groups is 1. The molecule has 8 nitrogen and oxygen atoms in total.